The zero-order valence-corrected chi connectivity index (χ0v) is 41.6. The van der Waals surface area contributed by atoms with E-state index in [4.69, 9.17) is 33.7 Å². The fraction of sp³-hybridized carbons (Fsp3) is 0.673. The van der Waals surface area contributed by atoms with E-state index in [0.717, 1.165) is 62.5 Å². The van der Waals surface area contributed by atoms with E-state index in [9.17, 15) is 24.5 Å². The molecule has 1 fully saturated rings. The lowest BCUT2D eigenvalue weighted by Gasteiger charge is -2.60. The van der Waals surface area contributed by atoms with Gasteiger partial charge in [-0.25, -0.2) is 9.18 Å². The summed E-state index contributed by atoms with van der Waals surface area (Å²) in [7, 11) is 0. The number of allylic oxidation sites excluding steroid dienone is 1. The number of rotatable bonds is 32. The molecule has 1 aliphatic heterocycles. The molecule has 1 heterocycles. The van der Waals surface area contributed by atoms with E-state index in [0.29, 0.717) is 35.6 Å². The van der Waals surface area contributed by atoms with Gasteiger partial charge in [-0.2, -0.15) is 0 Å². The predicted octanol–water partition coefficient (Wildman–Crippen LogP) is 11.2. The molecule has 13 heteroatoms. The van der Waals surface area contributed by atoms with E-state index in [2.05, 4.69) is 19.6 Å². The van der Waals surface area contributed by atoms with Gasteiger partial charge in [-0.15, -0.1) is 6.58 Å². The Hall–Kier alpha value is -4.01. The number of carbonyl (C=O) groups is 1. The maximum Gasteiger partial charge on any atom is 0.410 e. The van der Waals surface area contributed by atoms with E-state index in [-0.39, 0.29) is 89.4 Å². The van der Waals surface area contributed by atoms with Crippen molar-refractivity contribution in [3.63, 3.8) is 0 Å². The summed E-state index contributed by atoms with van der Waals surface area (Å²) in [6.45, 7) is 12.8. The van der Waals surface area contributed by atoms with Crippen LogP contribution in [0.25, 0.3) is 0 Å². The summed E-state index contributed by atoms with van der Waals surface area (Å²) < 4.78 is 47.6. The van der Waals surface area contributed by atoms with E-state index in [1.807, 2.05) is 39.0 Å². The smallest absolute Gasteiger partial charge is 0.410 e. The molecular formula is C55H83FN2O10. The van der Waals surface area contributed by atoms with Gasteiger partial charge in [0.2, 0.25) is 5.79 Å². The molecule has 68 heavy (non-hydrogen) atoms. The average molecular weight is 951 g/mol. The summed E-state index contributed by atoms with van der Waals surface area (Å²) in [6, 6.07) is 11.5. The topological polar surface area (TPSA) is 149 Å². The number of aliphatic hydroxyl groups is 3. The lowest BCUT2D eigenvalue weighted by Crippen LogP contribution is -2.70. The number of halogens is 1. The SMILES string of the molecule is C=CCO[C@@]12Oc3ccc(OCc4ccccc4F)cc3[C@H]3[C@H](CCCCO)[C@@H](CCCCO)C=C(C(=NOC(C)(C)C)C[C@@H]1N(CCOCCO)C(=O)OCCCCCCCCCCCC)[C@H]32. The van der Waals surface area contributed by atoms with Gasteiger partial charge < -0.3 is 43.8 Å². The van der Waals surface area contributed by atoms with Crippen molar-refractivity contribution in [3.05, 3.63) is 83.7 Å². The van der Waals surface area contributed by atoms with Gasteiger partial charge in [-0.1, -0.05) is 113 Å². The summed E-state index contributed by atoms with van der Waals surface area (Å²) >= 11 is 0. The summed E-state index contributed by atoms with van der Waals surface area (Å²) in [5.41, 5.74) is 2.27. The summed E-state index contributed by atoms with van der Waals surface area (Å²) in [4.78, 5) is 22.7. The molecule has 0 radical (unpaired) electrons. The summed E-state index contributed by atoms with van der Waals surface area (Å²) in [5, 5.41) is 34.5. The third kappa shape index (κ3) is 15.5. The second-order valence-corrected chi connectivity index (χ2v) is 19.7. The van der Waals surface area contributed by atoms with Crippen molar-refractivity contribution < 1.29 is 53.0 Å². The van der Waals surface area contributed by atoms with Gasteiger partial charge >= 0.3 is 6.09 Å². The van der Waals surface area contributed by atoms with Crippen molar-refractivity contribution in [2.75, 3.05) is 52.8 Å². The van der Waals surface area contributed by atoms with Crippen molar-refractivity contribution in [2.24, 2.45) is 22.9 Å². The molecule has 0 bridgehead atoms. The molecule has 6 atom stereocenters. The van der Waals surface area contributed by atoms with Gasteiger partial charge in [0, 0.05) is 43.2 Å². The summed E-state index contributed by atoms with van der Waals surface area (Å²) in [6.07, 6.45) is 19.6. The van der Waals surface area contributed by atoms with Gasteiger partial charge in [-0.05, 0) is 94.5 Å². The predicted molar refractivity (Wildman–Crippen MR) is 264 cm³/mol. The number of carbonyl (C=O) groups excluding carboxylic acids is 1. The molecule has 0 unspecified atom stereocenters. The van der Waals surface area contributed by atoms with Crippen LogP contribution in [0.15, 0.2) is 71.9 Å². The van der Waals surface area contributed by atoms with E-state index in [1.54, 1.807) is 29.2 Å². The molecule has 2 aliphatic carbocycles. The largest absolute Gasteiger partial charge is 0.489 e. The molecule has 1 amide bonds. The minimum atomic E-state index is -1.49. The van der Waals surface area contributed by atoms with Crippen LogP contribution in [-0.4, -0.2) is 102 Å². The normalized spacial score (nSPS) is 22.4. The number of aliphatic hydroxyl groups excluding tert-OH is 3. The Labute approximate surface area is 406 Å². The van der Waals surface area contributed by atoms with Gasteiger partial charge in [0.1, 0.15) is 35.6 Å². The fourth-order valence-corrected chi connectivity index (χ4v) is 10.2. The molecule has 3 N–H and O–H groups in total. The Morgan fingerprint density at radius 1 is 0.897 bits per heavy atom. The van der Waals surface area contributed by atoms with E-state index in [1.165, 1.54) is 44.6 Å². The Kier molecular flexibility index (Phi) is 23.1. The average Bonchev–Trinajstić information content (AvgIpc) is 3.32. The second-order valence-electron chi connectivity index (χ2n) is 19.7. The first-order valence-electron chi connectivity index (χ1n) is 25.8. The molecule has 2 aromatic carbocycles. The van der Waals surface area contributed by atoms with Crippen LogP contribution < -0.4 is 9.47 Å². The van der Waals surface area contributed by atoms with Gasteiger partial charge in [-0.3, -0.25) is 4.90 Å². The number of unbranched alkanes of at least 4 members (excludes halogenated alkanes) is 11. The van der Waals surface area contributed by atoms with Gasteiger partial charge in [0.15, 0.2) is 0 Å². The van der Waals surface area contributed by atoms with Crippen LogP contribution in [0, 0.1) is 23.6 Å². The molecule has 1 saturated carbocycles. The van der Waals surface area contributed by atoms with Crippen LogP contribution in [0.1, 0.15) is 154 Å². The number of hydrogen-bond acceptors (Lipinski definition) is 11. The highest BCUT2D eigenvalue weighted by molar-refractivity contribution is 6.03. The maximum atomic E-state index is 14.8. The van der Waals surface area contributed by atoms with E-state index >= 15 is 0 Å². The third-order valence-electron chi connectivity index (χ3n) is 13.5. The highest BCUT2D eigenvalue weighted by Gasteiger charge is 2.65. The molecule has 380 valence electrons. The number of ether oxygens (including phenoxy) is 5. The van der Waals surface area contributed by atoms with Crippen molar-refractivity contribution in [1.29, 1.82) is 0 Å². The van der Waals surface area contributed by atoms with E-state index < -0.39 is 29.4 Å². The number of oxime groups is 1. The zero-order chi connectivity index (χ0) is 48.8. The monoisotopic (exact) mass is 951 g/mol. The zero-order valence-electron chi connectivity index (χ0n) is 41.6. The first-order valence-corrected chi connectivity index (χ1v) is 25.8. The van der Waals surface area contributed by atoms with Gasteiger partial charge in [0.05, 0.1) is 44.7 Å². The highest BCUT2D eigenvalue weighted by atomic mass is 19.1. The number of hydrogen-bond donors (Lipinski definition) is 3. The molecular weight excluding hydrogens is 868 g/mol. The molecule has 0 aromatic heterocycles. The second kappa shape index (κ2) is 28.6. The minimum absolute atomic E-state index is 0.00155. The van der Waals surface area contributed by atoms with Crippen molar-refractivity contribution >= 4 is 11.8 Å². The molecule has 0 saturated heterocycles. The first-order chi connectivity index (χ1) is 33.0. The number of amides is 1. The minimum Gasteiger partial charge on any atom is -0.489 e. The van der Waals surface area contributed by atoms with Crippen LogP contribution >= 0.6 is 0 Å². The third-order valence-corrected chi connectivity index (χ3v) is 13.5. The van der Waals surface area contributed by atoms with Crippen LogP contribution in [0.5, 0.6) is 11.5 Å². The Morgan fingerprint density at radius 2 is 1.60 bits per heavy atom. The number of nitrogens with zero attached hydrogens (tertiary/aromatic N) is 2. The molecule has 0 spiro atoms. The maximum absolute atomic E-state index is 14.8. The lowest BCUT2D eigenvalue weighted by molar-refractivity contribution is -0.256. The van der Waals surface area contributed by atoms with Crippen molar-refractivity contribution in [2.45, 2.75) is 167 Å². The molecule has 12 nitrogen and oxygen atoms in total. The highest BCUT2D eigenvalue weighted by Crippen LogP contribution is 2.62. The standard InChI is InChI=1S/C55H83FN2O10/c1-6-8-9-10-11-12-13-14-15-22-34-64-53(62)58(29-35-63-36-32-61)50-39-48(57-68-54(3,4)5)45-37-41(23-18-20-30-59)44(25-19-21-31-60)51-46-38-43(65-40-42-24-16-17-26-47(42)56)27-28-49(46)67-55(50,52(45)51)66-33-7-2/h7,16-17,24,26-28,37-38,41,44,50-52,59-61H,2,6,8-15,18-23,25,29-36,39-40H2,1,3-5H3/t41-,44+,50-,51+,52+,55+/m0/s1. The van der Waals surface area contributed by atoms with Crippen LogP contribution in [0.3, 0.4) is 0 Å². The van der Waals surface area contributed by atoms with Crippen molar-refractivity contribution in [3.8, 4) is 11.5 Å². The summed E-state index contributed by atoms with van der Waals surface area (Å²) in [5.74, 6) is -1.51. The Balaban J connectivity index is 1.61. The molecule has 2 aromatic rings. The molecule has 5 rings (SSSR count). The van der Waals surface area contributed by atoms with Crippen molar-refractivity contribution in [1.82, 2.24) is 4.90 Å². The quantitative estimate of drug-likeness (QED) is 0.0368. The van der Waals surface area contributed by atoms with Crippen LogP contribution in [0.2, 0.25) is 0 Å². The Morgan fingerprint density at radius 3 is 2.28 bits per heavy atom. The lowest BCUT2D eigenvalue weighted by atomic mass is 9.55. The number of fused-ring (bicyclic) bond motifs is 2. The van der Waals surface area contributed by atoms with Gasteiger partial charge in [0.25, 0.3) is 0 Å². The Bertz CT molecular complexity index is 1880. The molecule has 3 aliphatic rings. The fourth-order valence-electron chi connectivity index (χ4n) is 10.2. The van der Waals surface area contributed by atoms with Crippen LogP contribution in [0.4, 0.5) is 9.18 Å². The van der Waals surface area contributed by atoms with Crippen LogP contribution in [-0.2, 0) is 25.7 Å². The number of benzene rings is 2. The first kappa shape index (κ1) is 54.9.